The number of rotatable bonds is 4. The molecule has 2 N–H and O–H groups in total. The topological polar surface area (TPSA) is 65.2 Å². The van der Waals surface area contributed by atoms with Crippen LogP contribution in [0.2, 0.25) is 0 Å². The summed E-state index contributed by atoms with van der Waals surface area (Å²) < 4.78 is 13.4. The number of H-pyrrole nitrogens is 1. The highest BCUT2D eigenvalue weighted by atomic mass is 19.1. The minimum Gasteiger partial charge on any atom is -0.361 e. The molecule has 0 aliphatic carbocycles. The largest absolute Gasteiger partial charge is 0.361 e. The van der Waals surface area contributed by atoms with Crippen LogP contribution in [0.1, 0.15) is 39.2 Å². The molecule has 2 amide bonds. The fourth-order valence-electron chi connectivity index (χ4n) is 3.70. The maximum Gasteiger partial charge on any atom is 0.245 e. The summed E-state index contributed by atoms with van der Waals surface area (Å²) in [7, 11) is 0. The van der Waals surface area contributed by atoms with Gasteiger partial charge in [0.05, 0.1) is 0 Å². The standard InChI is InChI=1S/C19H24FN3O2/c1-12(24)22-17(18(25)23-8-4-7-19(23,2)3)9-13-11-21-16-10-14(20)5-6-15(13)16/h5-6,10-11,17,21H,4,7-9H2,1-3H3,(H,22,24)/t17-/m1/s1. The lowest BCUT2D eigenvalue weighted by Gasteiger charge is -2.34. The third-order valence-electron chi connectivity index (χ3n) is 5.00. The second kappa shape index (κ2) is 6.50. The van der Waals surface area contributed by atoms with Gasteiger partial charge in [0.15, 0.2) is 0 Å². The number of carbonyl (C=O) groups is 2. The van der Waals surface area contributed by atoms with Gasteiger partial charge in [-0.1, -0.05) is 0 Å². The number of nitrogens with zero attached hydrogens (tertiary/aromatic N) is 1. The predicted molar refractivity (Wildman–Crippen MR) is 94.6 cm³/mol. The average Bonchev–Trinajstić information content (AvgIpc) is 3.08. The molecule has 0 saturated carbocycles. The number of fused-ring (bicyclic) bond motifs is 1. The molecular weight excluding hydrogens is 321 g/mol. The van der Waals surface area contributed by atoms with E-state index in [1.165, 1.54) is 19.1 Å². The normalized spacial score (nSPS) is 17.7. The van der Waals surface area contributed by atoms with Crippen molar-refractivity contribution in [3.05, 3.63) is 35.8 Å². The van der Waals surface area contributed by atoms with E-state index in [1.807, 2.05) is 4.90 Å². The molecule has 1 aliphatic rings. The Bertz CT molecular complexity index is 812. The Hall–Kier alpha value is -2.37. The van der Waals surface area contributed by atoms with E-state index in [4.69, 9.17) is 0 Å². The van der Waals surface area contributed by atoms with Crippen molar-refractivity contribution in [1.82, 2.24) is 15.2 Å². The second-order valence-electron chi connectivity index (χ2n) is 7.37. The lowest BCUT2D eigenvalue weighted by atomic mass is 9.99. The summed E-state index contributed by atoms with van der Waals surface area (Å²) in [5, 5.41) is 3.66. The number of carbonyl (C=O) groups excluding carboxylic acids is 2. The number of likely N-dealkylation sites (tertiary alicyclic amines) is 1. The molecule has 1 aliphatic heterocycles. The summed E-state index contributed by atoms with van der Waals surface area (Å²) in [5.74, 6) is -0.607. The van der Waals surface area contributed by atoms with Crippen LogP contribution < -0.4 is 5.32 Å². The molecular formula is C19H24FN3O2. The van der Waals surface area contributed by atoms with Crippen molar-refractivity contribution < 1.29 is 14.0 Å². The van der Waals surface area contributed by atoms with Crippen molar-refractivity contribution in [2.75, 3.05) is 6.54 Å². The van der Waals surface area contributed by atoms with Gasteiger partial charge in [-0.2, -0.15) is 0 Å². The summed E-state index contributed by atoms with van der Waals surface area (Å²) in [6, 6.07) is 3.90. The second-order valence-corrected chi connectivity index (χ2v) is 7.37. The number of aromatic amines is 1. The Morgan fingerprint density at radius 1 is 1.40 bits per heavy atom. The van der Waals surface area contributed by atoms with Gasteiger partial charge in [0.1, 0.15) is 11.9 Å². The molecule has 1 aromatic carbocycles. The molecule has 2 heterocycles. The van der Waals surface area contributed by atoms with Gasteiger partial charge in [0.25, 0.3) is 0 Å². The number of benzene rings is 1. The molecule has 1 fully saturated rings. The fraction of sp³-hybridized carbons (Fsp3) is 0.474. The molecule has 0 unspecified atom stereocenters. The monoisotopic (exact) mass is 345 g/mol. The molecule has 1 atom stereocenters. The fourth-order valence-corrected chi connectivity index (χ4v) is 3.70. The van der Waals surface area contributed by atoms with E-state index < -0.39 is 6.04 Å². The van der Waals surface area contributed by atoms with E-state index in [1.54, 1.807) is 12.3 Å². The summed E-state index contributed by atoms with van der Waals surface area (Å²) in [5.41, 5.74) is 1.38. The van der Waals surface area contributed by atoms with E-state index in [9.17, 15) is 14.0 Å². The summed E-state index contributed by atoms with van der Waals surface area (Å²) in [4.78, 5) is 29.6. The van der Waals surface area contributed by atoms with E-state index in [0.717, 1.165) is 23.8 Å². The number of hydrogen-bond acceptors (Lipinski definition) is 2. The van der Waals surface area contributed by atoms with Crippen LogP contribution in [-0.4, -0.2) is 39.8 Å². The van der Waals surface area contributed by atoms with Crippen LogP contribution in [0.5, 0.6) is 0 Å². The van der Waals surface area contributed by atoms with Crippen molar-refractivity contribution in [3.63, 3.8) is 0 Å². The molecule has 0 bridgehead atoms. The van der Waals surface area contributed by atoms with Gasteiger partial charge < -0.3 is 15.2 Å². The predicted octanol–water partition coefficient (Wildman–Crippen LogP) is 2.76. The maximum absolute atomic E-state index is 13.4. The Balaban J connectivity index is 1.88. The molecule has 6 heteroatoms. The smallest absolute Gasteiger partial charge is 0.245 e. The number of hydrogen-bond donors (Lipinski definition) is 2. The summed E-state index contributed by atoms with van der Waals surface area (Å²) in [6.45, 7) is 6.23. The Morgan fingerprint density at radius 2 is 2.16 bits per heavy atom. The quantitative estimate of drug-likeness (QED) is 0.895. The molecule has 5 nitrogen and oxygen atoms in total. The zero-order chi connectivity index (χ0) is 18.2. The van der Waals surface area contributed by atoms with Crippen LogP contribution in [0.3, 0.4) is 0 Å². The minimum atomic E-state index is -0.626. The van der Waals surface area contributed by atoms with Gasteiger partial charge in [0, 0.05) is 42.5 Å². The number of halogens is 1. The van der Waals surface area contributed by atoms with Crippen LogP contribution >= 0.6 is 0 Å². The first-order valence-corrected chi connectivity index (χ1v) is 8.62. The number of amides is 2. The van der Waals surface area contributed by atoms with Gasteiger partial charge in [-0.25, -0.2) is 4.39 Å². The average molecular weight is 345 g/mol. The summed E-state index contributed by atoms with van der Waals surface area (Å²) in [6.07, 6.45) is 4.08. The number of aromatic nitrogens is 1. The Kier molecular flexibility index (Phi) is 4.54. The lowest BCUT2D eigenvalue weighted by molar-refractivity contribution is -0.138. The van der Waals surface area contributed by atoms with Crippen molar-refractivity contribution >= 4 is 22.7 Å². The zero-order valence-electron chi connectivity index (χ0n) is 14.9. The Morgan fingerprint density at radius 3 is 2.80 bits per heavy atom. The van der Waals surface area contributed by atoms with Gasteiger partial charge >= 0.3 is 0 Å². The van der Waals surface area contributed by atoms with Crippen molar-refractivity contribution in [2.24, 2.45) is 0 Å². The van der Waals surface area contributed by atoms with Gasteiger partial charge in [-0.05, 0) is 50.5 Å². The SMILES string of the molecule is CC(=O)N[C@H](Cc1c[nH]c2cc(F)ccc12)C(=O)N1CCCC1(C)C. The highest BCUT2D eigenvalue weighted by Gasteiger charge is 2.38. The van der Waals surface area contributed by atoms with Crippen LogP contribution in [0.15, 0.2) is 24.4 Å². The molecule has 3 rings (SSSR count). The molecule has 1 aromatic heterocycles. The first kappa shape index (κ1) is 17.5. The van der Waals surface area contributed by atoms with E-state index in [2.05, 4.69) is 24.1 Å². The summed E-state index contributed by atoms with van der Waals surface area (Å²) >= 11 is 0. The molecule has 0 spiro atoms. The highest BCUT2D eigenvalue weighted by molar-refractivity contribution is 5.89. The molecule has 2 aromatic rings. The van der Waals surface area contributed by atoms with Gasteiger partial charge in [0.2, 0.25) is 11.8 Å². The third-order valence-corrected chi connectivity index (χ3v) is 5.00. The van der Waals surface area contributed by atoms with Crippen LogP contribution in [0.25, 0.3) is 10.9 Å². The molecule has 134 valence electrons. The Labute approximate surface area is 146 Å². The molecule has 0 radical (unpaired) electrons. The first-order chi connectivity index (χ1) is 11.8. The molecule has 25 heavy (non-hydrogen) atoms. The first-order valence-electron chi connectivity index (χ1n) is 8.62. The van der Waals surface area contributed by atoms with Crippen LogP contribution in [0, 0.1) is 5.82 Å². The van der Waals surface area contributed by atoms with Crippen LogP contribution in [0.4, 0.5) is 4.39 Å². The maximum atomic E-state index is 13.4. The zero-order valence-corrected chi connectivity index (χ0v) is 14.9. The van der Waals surface area contributed by atoms with E-state index >= 15 is 0 Å². The van der Waals surface area contributed by atoms with Crippen molar-refractivity contribution in [2.45, 2.75) is 51.6 Å². The van der Waals surface area contributed by atoms with Gasteiger partial charge in [-0.3, -0.25) is 9.59 Å². The van der Waals surface area contributed by atoms with E-state index in [0.29, 0.717) is 18.5 Å². The third kappa shape index (κ3) is 3.52. The lowest BCUT2D eigenvalue weighted by Crippen LogP contribution is -2.53. The minimum absolute atomic E-state index is 0.0610. The molecule has 1 saturated heterocycles. The van der Waals surface area contributed by atoms with Gasteiger partial charge in [-0.15, -0.1) is 0 Å². The van der Waals surface area contributed by atoms with Crippen LogP contribution in [-0.2, 0) is 16.0 Å². The van der Waals surface area contributed by atoms with Crippen molar-refractivity contribution in [3.8, 4) is 0 Å². The van der Waals surface area contributed by atoms with Crippen molar-refractivity contribution in [1.29, 1.82) is 0 Å². The van der Waals surface area contributed by atoms with E-state index in [-0.39, 0.29) is 23.2 Å². The number of nitrogens with one attached hydrogen (secondary N) is 2. The highest BCUT2D eigenvalue weighted by Crippen LogP contribution is 2.29.